The van der Waals surface area contributed by atoms with Crippen molar-refractivity contribution in [3.05, 3.63) is 81.9 Å². The molecule has 5 nitrogen and oxygen atoms in total. The number of carbonyl (C=O) groups excluding carboxylic acids is 2. The fraction of sp³-hybridized carbons (Fsp3) is 0. The Morgan fingerprint density at radius 2 is 1.58 bits per heavy atom. The number of aromatic hydroxyl groups is 1. The van der Waals surface area contributed by atoms with E-state index in [9.17, 15) is 14.7 Å². The van der Waals surface area contributed by atoms with Crippen molar-refractivity contribution in [2.24, 2.45) is 0 Å². The molecule has 0 unspecified atom stereocenters. The molecule has 1 aliphatic rings. The van der Waals surface area contributed by atoms with Crippen LogP contribution in [0.25, 0.3) is 0 Å². The van der Waals surface area contributed by atoms with Crippen molar-refractivity contribution >= 4 is 28.9 Å². The summed E-state index contributed by atoms with van der Waals surface area (Å²) in [5.41, 5.74) is 6.26. The van der Waals surface area contributed by atoms with E-state index in [-0.39, 0.29) is 39.4 Å². The van der Waals surface area contributed by atoms with Gasteiger partial charge in [0.05, 0.1) is 16.8 Å². The first-order valence-corrected chi connectivity index (χ1v) is 8.12. The maximum atomic E-state index is 12.9. The Morgan fingerprint density at radius 3 is 2.31 bits per heavy atom. The second-order valence-electron chi connectivity index (χ2n) is 5.82. The van der Waals surface area contributed by atoms with Crippen molar-refractivity contribution in [2.45, 2.75) is 0 Å². The first-order chi connectivity index (χ1) is 12.5. The van der Waals surface area contributed by atoms with Crippen LogP contribution in [0.5, 0.6) is 17.2 Å². The molecule has 0 bridgehead atoms. The van der Waals surface area contributed by atoms with Gasteiger partial charge in [-0.3, -0.25) is 9.59 Å². The van der Waals surface area contributed by atoms with E-state index in [0.29, 0.717) is 10.8 Å². The average molecular weight is 366 g/mol. The van der Waals surface area contributed by atoms with Crippen LogP contribution < -0.4 is 10.5 Å². The molecule has 128 valence electrons. The molecule has 0 saturated carbocycles. The number of fused-ring (bicyclic) bond motifs is 2. The Kier molecular flexibility index (Phi) is 3.67. The van der Waals surface area contributed by atoms with Crippen LogP contribution in [-0.4, -0.2) is 16.7 Å². The van der Waals surface area contributed by atoms with Crippen LogP contribution in [-0.2, 0) is 0 Å². The van der Waals surface area contributed by atoms with Gasteiger partial charge in [0.15, 0.2) is 17.3 Å². The standard InChI is InChI=1S/C20H12ClNO4/c21-10-6-7-12-13(8-10)20(25)16-14(23)9-15(18(22)17(16)19(12)24)26-11-4-2-1-3-5-11/h1-9,23H,22H2. The summed E-state index contributed by atoms with van der Waals surface area (Å²) in [5, 5.41) is 10.7. The van der Waals surface area contributed by atoms with Gasteiger partial charge in [-0.15, -0.1) is 0 Å². The summed E-state index contributed by atoms with van der Waals surface area (Å²) >= 11 is 5.93. The molecular weight excluding hydrogens is 354 g/mol. The quantitative estimate of drug-likeness (QED) is 0.410. The Labute approximate surface area is 153 Å². The van der Waals surface area contributed by atoms with Gasteiger partial charge < -0.3 is 15.6 Å². The number of rotatable bonds is 2. The lowest BCUT2D eigenvalue weighted by Gasteiger charge is -2.21. The average Bonchev–Trinajstić information content (AvgIpc) is 2.63. The number of para-hydroxylation sites is 1. The van der Waals surface area contributed by atoms with Crippen molar-refractivity contribution in [2.75, 3.05) is 5.73 Å². The lowest BCUT2D eigenvalue weighted by molar-refractivity contribution is 0.0977. The first kappa shape index (κ1) is 16.2. The Hall–Kier alpha value is -3.31. The normalized spacial score (nSPS) is 12.5. The van der Waals surface area contributed by atoms with E-state index in [1.54, 1.807) is 24.3 Å². The molecule has 0 spiro atoms. The van der Waals surface area contributed by atoms with Crippen molar-refractivity contribution in [3.63, 3.8) is 0 Å². The van der Waals surface area contributed by atoms with E-state index in [1.165, 1.54) is 24.3 Å². The molecule has 0 heterocycles. The van der Waals surface area contributed by atoms with Crippen LogP contribution in [0.2, 0.25) is 5.02 Å². The zero-order chi connectivity index (χ0) is 18.4. The van der Waals surface area contributed by atoms with Crippen LogP contribution in [0, 0.1) is 0 Å². The summed E-state index contributed by atoms with van der Waals surface area (Å²) < 4.78 is 5.68. The van der Waals surface area contributed by atoms with E-state index < -0.39 is 11.6 Å². The van der Waals surface area contributed by atoms with E-state index in [4.69, 9.17) is 22.1 Å². The summed E-state index contributed by atoms with van der Waals surface area (Å²) in [4.78, 5) is 25.7. The van der Waals surface area contributed by atoms with E-state index in [1.807, 2.05) is 6.07 Å². The van der Waals surface area contributed by atoms with Gasteiger partial charge in [0.2, 0.25) is 0 Å². The molecule has 6 heteroatoms. The minimum absolute atomic E-state index is 0.000558. The zero-order valence-corrected chi connectivity index (χ0v) is 14.1. The van der Waals surface area contributed by atoms with Crippen LogP contribution in [0.15, 0.2) is 54.6 Å². The summed E-state index contributed by atoms with van der Waals surface area (Å²) in [5.74, 6) is -0.749. The number of phenols is 1. The van der Waals surface area contributed by atoms with Gasteiger partial charge in [0.25, 0.3) is 0 Å². The number of ether oxygens (including phenoxy) is 1. The molecule has 0 radical (unpaired) electrons. The minimum atomic E-state index is -0.507. The molecule has 4 rings (SSSR count). The number of carbonyl (C=O) groups is 2. The monoisotopic (exact) mass is 365 g/mol. The molecular formula is C20H12ClNO4. The number of ketones is 2. The van der Waals surface area contributed by atoms with E-state index >= 15 is 0 Å². The first-order valence-electron chi connectivity index (χ1n) is 7.74. The third-order valence-electron chi connectivity index (χ3n) is 4.20. The lowest BCUT2D eigenvalue weighted by atomic mass is 9.82. The SMILES string of the molecule is Nc1c(Oc2ccccc2)cc(O)c2c1C(=O)c1ccc(Cl)cc1C2=O. The fourth-order valence-corrected chi connectivity index (χ4v) is 3.17. The second kappa shape index (κ2) is 5.89. The highest BCUT2D eigenvalue weighted by Gasteiger charge is 2.35. The molecule has 0 amide bonds. The smallest absolute Gasteiger partial charge is 0.198 e. The van der Waals surface area contributed by atoms with E-state index in [0.717, 1.165) is 0 Å². The highest BCUT2D eigenvalue weighted by Crippen LogP contribution is 2.42. The van der Waals surface area contributed by atoms with Gasteiger partial charge >= 0.3 is 0 Å². The number of nitrogen functional groups attached to an aromatic ring is 1. The second-order valence-corrected chi connectivity index (χ2v) is 6.26. The molecule has 3 aromatic rings. The highest BCUT2D eigenvalue weighted by molar-refractivity contribution is 6.34. The summed E-state index contributed by atoms with van der Waals surface area (Å²) in [6, 6.07) is 14.4. The molecule has 3 N–H and O–H groups in total. The molecule has 0 aliphatic heterocycles. The van der Waals surface area contributed by atoms with Gasteiger partial charge in [-0.2, -0.15) is 0 Å². The maximum Gasteiger partial charge on any atom is 0.198 e. The van der Waals surface area contributed by atoms with Crippen molar-refractivity contribution in [3.8, 4) is 17.2 Å². The fourth-order valence-electron chi connectivity index (χ4n) is 3.00. The van der Waals surface area contributed by atoms with Gasteiger partial charge in [0.1, 0.15) is 11.5 Å². The molecule has 0 fully saturated rings. The molecule has 3 aromatic carbocycles. The number of benzene rings is 3. The highest BCUT2D eigenvalue weighted by atomic mass is 35.5. The summed E-state index contributed by atoms with van der Waals surface area (Å²) in [6.07, 6.45) is 0. The number of phenolic OH excluding ortho intramolecular Hbond substituents is 1. The summed E-state index contributed by atoms with van der Waals surface area (Å²) in [7, 11) is 0. The topological polar surface area (TPSA) is 89.6 Å². The van der Waals surface area contributed by atoms with Gasteiger partial charge in [-0.25, -0.2) is 0 Å². The molecule has 26 heavy (non-hydrogen) atoms. The van der Waals surface area contributed by atoms with Crippen LogP contribution in [0.3, 0.4) is 0 Å². The number of halogens is 1. The van der Waals surface area contributed by atoms with Crippen molar-refractivity contribution in [1.82, 2.24) is 0 Å². The summed E-state index contributed by atoms with van der Waals surface area (Å²) in [6.45, 7) is 0. The molecule has 0 aromatic heterocycles. The number of anilines is 1. The van der Waals surface area contributed by atoms with Crippen LogP contribution in [0.4, 0.5) is 5.69 Å². The van der Waals surface area contributed by atoms with Gasteiger partial charge in [-0.05, 0) is 30.3 Å². The number of nitrogens with two attached hydrogens (primary N) is 1. The predicted molar refractivity (Wildman–Crippen MR) is 97.4 cm³/mol. The minimum Gasteiger partial charge on any atom is -0.507 e. The van der Waals surface area contributed by atoms with Gasteiger partial charge in [0, 0.05) is 22.2 Å². The largest absolute Gasteiger partial charge is 0.507 e. The van der Waals surface area contributed by atoms with Crippen LogP contribution in [0.1, 0.15) is 31.8 Å². The van der Waals surface area contributed by atoms with Crippen molar-refractivity contribution in [1.29, 1.82) is 0 Å². The van der Waals surface area contributed by atoms with Crippen molar-refractivity contribution < 1.29 is 19.4 Å². The number of hydrogen-bond donors (Lipinski definition) is 2. The third-order valence-corrected chi connectivity index (χ3v) is 4.44. The van der Waals surface area contributed by atoms with Gasteiger partial charge in [-0.1, -0.05) is 29.8 Å². The predicted octanol–water partition coefficient (Wildman–Crippen LogP) is 4.20. The van der Waals surface area contributed by atoms with E-state index in [2.05, 4.69) is 0 Å². The molecule has 0 atom stereocenters. The Morgan fingerprint density at radius 1 is 0.885 bits per heavy atom. The molecule has 1 aliphatic carbocycles. The number of hydrogen-bond acceptors (Lipinski definition) is 5. The Bertz CT molecular complexity index is 1080. The third kappa shape index (κ3) is 2.41. The molecule has 0 saturated heterocycles. The lowest BCUT2D eigenvalue weighted by Crippen LogP contribution is -2.22. The van der Waals surface area contributed by atoms with Crippen LogP contribution >= 0.6 is 11.6 Å². The zero-order valence-electron chi connectivity index (χ0n) is 13.3. The maximum absolute atomic E-state index is 12.9. The Balaban J connectivity index is 1.90.